The molecule has 0 aliphatic carbocycles. The predicted octanol–water partition coefficient (Wildman–Crippen LogP) is 5.73. The molecule has 14 nitrogen and oxygen atoms in total. The summed E-state index contributed by atoms with van der Waals surface area (Å²) in [6, 6.07) is 15.5. The monoisotopic (exact) mass is 703 g/mol. The Morgan fingerprint density at radius 3 is 1.65 bits per heavy atom. The van der Waals surface area contributed by atoms with Gasteiger partial charge in [-0.2, -0.15) is 0 Å². The number of hydrogen-bond donors (Lipinski definition) is 6. The predicted molar refractivity (Wildman–Crippen MR) is 191 cm³/mol. The topological polar surface area (TPSA) is 217 Å². The standard InChI is InChI=1S/C37H45N5O9/c1-22(2)18-29(23-10-12-26(13-11-23)38-36(49)39-27-14-16-28(17-15-27)42(50)51)33(44)41-31(35(47)48)20-25-9-7-6-8-24(25)19-30(34(45)46)40-32(43)21-37(3,4)5/h6-17,22,29-31H,18-21H2,1-5H3,(H,40,43)(H,41,44)(H,45,46)(H,47,48)(H2,38,39,49). The number of nitrogens with one attached hydrogen (secondary N) is 4. The molecule has 3 atom stereocenters. The Hall–Kier alpha value is -5.79. The number of rotatable bonds is 16. The van der Waals surface area contributed by atoms with Crippen LogP contribution in [-0.2, 0) is 32.0 Å². The Morgan fingerprint density at radius 2 is 1.22 bits per heavy atom. The molecule has 0 radical (unpaired) electrons. The zero-order chi connectivity index (χ0) is 37.9. The summed E-state index contributed by atoms with van der Waals surface area (Å²) >= 11 is 0. The van der Waals surface area contributed by atoms with E-state index in [1.807, 2.05) is 34.6 Å². The molecule has 0 saturated heterocycles. The summed E-state index contributed by atoms with van der Waals surface area (Å²) in [5.74, 6) is -4.07. The molecule has 0 fully saturated rings. The number of nitro groups is 1. The van der Waals surface area contributed by atoms with Gasteiger partial charge in [0.05, 0.1) is 10.8 Å². The van der Waals surface area contributed by atoms with Crippen molar-refractivity contribution in [2.45, 2.75) is 78.3 Å². The summed E-state index contributed by atoms with van der Waals surface area (Å²) < 4.78 is 0. The van der Waals surface area contributed by atoms with Gasteiger partial charge in [-0.25, -0.2) is 14.4 Å². The lowest BCUT2D eigenvalue weighted by atomic mass is 9.88. The minimum absolute atomic E-state index is 0.0662. The molecule has 3 aromatic carbocycles. The largest absolute Gasteiger partial charge is 0.480 e. The number of non-ortho nitro benzene ring substituents is 1. The van der Waals surface area contributed by atoms with Crippen molar-refractivity contribution in [3.63, 3.8) is 0 Å². The maximum atomic E-state index is 13.7. The third kappa shape index (κ3) is 12.9. The summed E-state index contributed by atoms with van der Waals surface area (Å²) in [5, 5.41) is 41.3. The van der Waals surface area contributed by atoms with E-state index in [1.165, 1.54) is 24.3 Å². The minimum Gasteiger partial charge on any atom is -0.480 e. The molecule has 0 aliphatic heterocycles. The van der Waals surface area contributed by atoms with Crippen LogP contribution in [0.25, 0.3) is 0 Å². The molecule has 0 aromatic heterocycles. The van der Waals surface area contributed by atoms with E-state index in [0.717, 1.165) is 0 Å². The van der Waals surface area contributed by atoms with Crippen LogP contribution in [0.4, 0.5) is 21.9 Å². The molecule has 6 N–H and O–H groups in total. The Morgan fingerprint density at radius 1 is 0.745 bits per heavy atom. The number of nitro benzene ring substituents is 1. The summed E-state index contributed by atoms with van der Waals surface area (Å²) in [6.45, 7) is 9.46. The van der Waals surface area contributed by atoms with E-state index in [9.17, 15) is 44.3 Å². The summed E-state index contributed by atoms with van der Waals surface area (Å²) in [7, 11) is 0. The van der Waals surface area contributed by atoms with Gasteiger partial charge in [0.2, 0.25) is 11.8 Å². The second-order valence-electron chi connectivity index (χ2n) is 14.0. The first-order valence-electron chi connectivity index (χ1n) is 16.5. The van der Waals surface area contributed by atoms with E-state index in [1.54, 1.807) is 48.5 Å². The number of benzene rings is 3. The number of anilines is 2. The van der Waals surface area contributed by atoms with Crippen LogP contribution in [0, 0.1) is 21.4 Å². The Labute approximate surface area is 296 Å². The quantitative estimate of drug-likeness (QED) is 0.0792. The number of amides is 4. The number of carbonyl (C=O) groups is 5. The lowest BCUT2D eigenvalue weighted by molar-refractivity contribution is -0.384. The Kier molecular flexibility index (Phi) is 13.8. The maximum Gasteiger partial charge on any atom is 0.326 e. The molecule has 0 spiro atoms. The van der Waals surface area contributed by atoms with Crippen LogP contribution < -0.4 is 21.3 Å². The first kappa shape index (κ1) is 39.6. The number of urea groups is 1. The van der Waals surface area contributed by atoms with Crippen LogP contribution in [0.5, 0.6) is 0 Å². The van der Waals surface area contributed by atoms with Gasteiger partial charge < -0.3 is 31.5 Å². The summed E-state index contributed by atoms with van der Waals surface area (Å²) in [6.07, 6.45) is 0.323. The zero-order valence-electron chi connectivity index (χ0n) is 29.3. The maximum absolute atomic E-state index is 13.7. The van der Waals surface area contributed by atoms with Gasteiger partial charge in [0.25, 0.3) is 5.69 Å². The van der Waals surface area contributed by atoms with Crippen molar-refractivity contribution in [3.05, 3.63) is 99.6 Å². The highest BCUT2D eigenvalue weighted by atomic mass is 16.6. The van der Waals surface area contributed by atoms with E-state index in [2.05, 4.69) is 21.3 Å². The van der Waals surface area contributed by atoms with E-state index in [0.29, 0.717) is 34.5 Å². The molecular weight excluding hydrogens is 658 g/mol. The van der Waals surface area contributed by atoms with Gasteiger partial charge >= 0.3 is 18.0 Å². The number of hydrogen-bond acceptors (Lipinski definition) is 7. The van der Waals surface area contributed by atoms with Crippen LogP contribution >= 0.6 is 0 Å². The zero-order valence-corrected chi connectivity index (χ0v) is 29.3. The van der Waals surface area contributed by atoms with Crippen molar-refractivity contribution in [1.82, 2.24) is 10.6 Å². The van der Waals surface area contributed by atoms with Crippen molar-refractivity contribution in [2.75, 3.05) is 10.6 Å². The molecule has 4 amide bonds. The van der Waals surface area contributed by atoms with E-state index in [4.69, 9.17) is 0 Å². The van der Waals surface area contributed by atoms with E-state index >= 15 is 0 Å². The smallest absolute Gasteiger partial charge is 0.326 e. The second kappa shape index (κ2) is 17.7. The summed E-state index contributed by atoms with van der Waals surface area (Å²) in [4.78, 5) is 73.5. The average molecular weight is 704 g/mol. The highest BCUT2D eigenvalue weighted by Gasteiger charge is 2.29. The highest BCUT2D eigenvalue weighted by Crippen LogP contribution is 2.27. The van der Waals surface area contributed by atoms with Crippen LogP contribution in [0.2, 0.25) is 0 Å². The van der Waals surface area contributed by atoms with Crippen LogP contribution in [0.3, 0.4) is 0 Å². The van der Waals surface area contributed by atoms with Gasteiger partial charge in [0.15, 0.2) is 0 Å². The third-order valence-corrected chi connectivity index (χ3v) is 7.84. The highest BCUT2D eigenvalue weighted by molar-refractivity contribution is 5.99. The molecule has 14 heteroatoms. The first-order chi connectivity index (χ1) is 23.9. The lowest BCUT2D eigenvalue weighted by Gasteiger charge is -2.24. The number of carboxylic acids is 2. The lowest BCUT2D eigenvalue weighted by Crippen LogP contribution is -2.45. The van der Waals surface area contributed by atoms with Gasteiger partial charge in [-0.3, -0.25) is 19.7 Å². The van der Waals surface area contributed by atoms with Crippen molar-refractivity contribution < 1.29 is 39.1 Å². The van der Waals surface area contributed by atoms with Gasteiger partial charge in [-0.05, 0) is 58.7 Å². The number of carbonyl (C=O) groups excluding carboxylic acids is 3. The fraction of sp³-hybridized carbons (Fsp3) is 0.378. The van der Waals surface area contributed by atoms with Crippen molar-refractivity contribution in [2.24, 2.45) is 11.3 Å². The Balaban J connectivity index is 1.73. The normalized spacial score (nSPS) is 13.0. The molecule has 3 aromatic rings. The van der Waals surface area contributed by atoms with Crippen molar-refractivity contribution in [3.8, 4) is 0 Å². The molecule has 3 rings (SSSR count). The molecule has 3 unspecified atom stereocenters. The SMILES string of the molecule is CC(C)CC(C(=O)NC(Cc1ccccc1CC(NC(=O)CC(C)(C)C)C(=O)O)C(=O)O)c1ccc(NC(=O)Nc2ccc([N+](=O)[O-])cc2)cc1. The molecule has 0 aliphatic rings. The van der Waals surface area contributed by atoms with Gasteiger partial charge in [-0.1, -0.05) is 71.0 Å². The molecule has 0 bridgehead atoms. The van der Waals surface area contributed by atoms with Crippen LogP contribution in [0.15, 0.2) is 72.8 Å². The number of nitrogens with zero attached hydrogens (tertiary/aromatic N) is 1. The van der Waals surface area contributed by atoms with E-state index < -0.39 is 52.7 Å². The molecule has 272 valence electrons. The van der Waals surface area contributed by atoms with Crippen LogP contribution in [0.1, 0.15) is 70.1 Å². The minimum atomic E-state index is -1.34. The van der Waals surface area contributed by atoms with E-state index in [-0.39, 0.29) is 36.3 Å². The van der Waals surface area contributed by atoms with Crippen molar-refractivity contribution in [1.29, 1.82) is 0 Å². The van der Waals surface area contributed by atoms with Crippen molar-refractivity contribution >= 4 is 46.8 Å². The van der Waals surface area contributed by atoms with Gasteiger partial charge in [0, 0.05) is 42.8 Å². The third-order valence-electron chi connectivity index (χ3n) is 7.84. The summed E-state index contributed by atoms with van der Waals surface area (Å²) in [5.41, 5.74) is 1.95. The molecular formula is C37H45N5O9. The molecule has 51 heavy (non-hydrogen) atoms. The number of aliphatic carboxylic acids is 2. The molecule has 0 heterocycles. The van der Waals surface area contributed by atoms with Crippen LogP contribution in [-0.4, -0.2) is 57.0 Å². The fourth-order valence-electron chi connectivity index (χ4n) is 5.42. The van der Waals surface area contributed by atoms with Gasteiger partial charge in [-0.15, -0.1) is 0 Å². The second-order valence-corrected chi connectivity index (χ2v) is 14.0. The average Bonchev–Trinajstić information content (AvgIpc) is 3.03. The fourth-order valence-corrected chi connectivity index (χ4v) is 5.42. The Bertz CT molecular complexity index is 1720. The molecule has 0 saturated carbocycles. The first-order valence-corrected chi connectivity index (χ1v) is 16.5. The van der Waals surface area contributed by atoms with Gasteiger partial charge in [0.1, 0.15) is 12.1 Å². The number of carboxylic acid groups (broad SMARTS) is 2.